The zero-order valence-electron chi connectivity index (χ0n) is 43.6. The lowest BCUT2D eigenvalue weighted by atomic mass is 9.30. The Kier molecular flexibility index (Phi) is 10.1. The molecule has 0 radical (unpaired) electrons. The van der Waals surface area contributed by atoms with Crippen molar-refractivity contribution in [3.63, 3.8) is 0 Å². The van der Waals surface area contributed by atoms with Gasteiger partial charge in [0.2, 0.25) is 0 Å². The Bertz CT molecular complexity index is 4470. The van der Waals surface area contributed by atoms with Crippen LogP contribution >= 0.6 is 0 Å². The quantitative estimate of drug-likeness (QED) is 0.142. The maximum absolute atomic E-state index is 5.18. The number of hydrogen-bond acceptors (Lipinski definition) is 5. The van der Waals surface area contributed by atoms with Gasteiger partial charge in [-0.3, -0.25) is 0 Å². The standard InChI is InChI=1S/C72H49BN6/c1-45-27-38-61-58(41-45)59-42-46(2)28-39-62(59)79(61)60-40-35-54(72-75-70(50-15-6-3-7-16-50)74-71(76-72)51-17-8-4-9-18-51)44-57(60)49-31-29-47(30-32-49)48-33-36-56(37-34-48)78-64-24-13-20-53-43-52-19-12-23-63-67(52)73(68(53)64)69-65(25-14-26-66(69)78)77(63)55-21-10-5-11-22-55/h3-42,44H,43H2,1-2H3. The van der Waals surface area contributed by atoms with Crippen LogP contribution in [-0.4, -0.2) is 26.2 Å². The lowest BCUT2D eigenvalue weighted by Crippen LogP contribution is -2.64. The molecule has 6 nitrogen and oxygen atoms in total. The number of benzene rings is 11. The lowest BCUT2D eigenvalue weighted by Gasteiger charge is -2.46. The predicted octanol–water partition coefficient (Wildman–Crippen LogP) is 15.9. The molecular weight excluding hydrogens is 960 g/mol. The van der Waals surface area contributed by atoms with Crippen LogP contribution in [0.15, 0.2) is 249 Å². The van der Waals surface area contributed by atoms with Gasteiger partial charge in [-0.1, -0.05) is 169 Å². The Labute approximate surface area is 459 Å². The SMILES string of the molecule is Cc1ccc2c(c1)c1cc(C)ccc1n2-c1ccc(-c2nc(-c3ccccc3)nc(-c3ccccc3)n2)cc1-c1ccc(-c2ccc(N3c4cccc5c4B4c6c(cccc6N(c6ccccc6)c6cccc3c64)C5)cc2)cc1. The summed E-state index contributed by atoms with van der Waals surface area (Å²) in [5.41, 5.74) is 27.5. The van der Waals surface area contributed by atoms with E-state index in [-0.39, 0.29) is 6.71 Å². The first kappa shape index (κ1) is 45.1. The Morgan fingerprint density at radius 3 is 1.29 bits per heavy atom. The van der Waals surface area contributed by atoms with E-state index in [4.69, 9.17) is 15.0 Å². The highest BCUT2D eigenvalue weighted by molar-refractivity contribution is 7.01. The van der Waals surface area contributed by atoms with E-state index in [0.29, 0.717) is 17.5 Å². The van der Waals surface area contributed by atoms with Crippen LogP contribution in [0.4, 0.5) is 34.1 Å². The topological polar surface area (TPSA) is 50.1 Å². The molecule has 0 fully saturated rings. The molecule has 3 aliphatic heterocycles. The molecule has 0 unspecified atom stereocenters. The van der Waals surface area contributed by atoms with E-state index in [1.165, 1.54) is 77.9 Å². The second-order valence-electron chi connectivity index (χ2n) is 21.3. The van der Waals surface area contributed by atoms with E-state index in [0.717, 1.165) is 67.8 Å². The van der Waals surface area contributed by atoms with Gasteiger partial charge in [0.25, 0.3) is 6.71 Å². The number of rotatable bonds is 8. The number of fused-ring (bicyclic) bond motifs is 3. The summed E-state index contributed by atoms with van der Waals surface area (Å²) >= 11 is 0. The van der Waals surface area contributed by atoms with Gasteiger partial charge in [-0.05, 0) is 155 Å². The fourth-order valence-electron chi connectivity index (χ4n) is 13.0. The number of hydrogen-bond donors (Lipinski definition) is 0. The molecule has 11 aromatic carbocycles. The molecule has 0 saturated carbocycles. The van der Waals surface area contributed by atoms with E-state index in [1.54, 1.807) is 0 Å². The maximum Gasteiger partial charge on any atom is 0.252 e. The Morgan fingerprint density at radius 2 is 0.759 bits per heavy atom. The van der Waals surface area contributed by atoms with Crippen molar-refractivity contribution in [2.75, 3.05) is 9.80 Å². The zero-order valence-corrected chi connectivity index (χ0v) is 43.6. The van der Waals surface area contributed by atoms with Gasteiger partial charge in [0.15, 0.2) is 17.5 Å². The average Bonchev–Trinajstić information content (AvgIpc) is 3.99. The molecule has 5 heterocycles. The Hall–Kier alpha value is -10.1. The normalized spacial score (nSPS) is 12.8. The van der Waals surface area contributed by atoms with Crippen molar-refractivity contribution in [1.29, 1.82) is 0 Å². The highest BCUT2D eigenvalue weighted by Crippen LogP contribution is 2.47. The molecule has 0 aliphatic carbocycles. The van der Waals surface area contributed by atoms with E-state index >= 15 is 0 Å². The van der Waals surface area contributed by atoms with E-state index < -0.39 is 0 Å². The first-order valence-corrected chi connectivity index (χ1v) is 27.2. The molecule has 13 aromatic rings. The molecule has 16 rings (SSSR count). The van der Waals surface area contributed by atoms with Gasteiger partial charge < -0.3 is 14.4 Å². The molecule has 2 aromatic heterocycles. The van der Waals surface area contributed by atoms with Crippen LogP contribution in [-0.2, 0) is 6.42 Å². The minimum absolute atomic E-state index is 0.159. The number of aryl methyl sites for hydroxylation is 2. The molecule has 0 bridgehead atoms. The monoisotopic (exact) mass is 1010 g/mol. The summed E-state index contributed by atoms with van der Waals surface area (Å²) in [4.78, 5) is 20.4. The van der Waals surface area contributed by atoms with Crippen LogP contribution in [0, 0.1) is 13.8 Å². The number of aromatic nitrogens is 4. The van der Waals surface area contributed by atoms with Gasteiger partial charge in [-0.2, -0.15) is 0 Å². The van der Waals surface area contributed by atoms with Crippen molar-refractivity contribution in [2.45, 2.75) is 20.3 Å². The van der Waals surface area contributed by atoms with Crippen LogP contribution in [0.25, 0.3) is 83.9 Å². The fraction of sp³-hybridized carbons (Fsp3) is 0.0417. The molecule has 79 heavy (non-hydrogen) atoms. The molecule has 0 atom stereocenters. The highest BCUT2D eigenvalue weighted by atomic mass is 15.2. The lowest BCUT2D eigenvalue weighted by molar-refractivity contribution is 1.07. The molecule has 0 amide bonds. The third-order valence-electron chi connectivity index (χ3n) is 16.6. The second kappa shape index (κ2) is 17.7. The van der Waals surface area contributed by atoms with Crippen molar-refractivity contribution >= 4 is 79.0 Å². The number of nitrogens with zero attached hydrogens (tertiary/aromatic N) is 6. The van der Waals surface area contributed by atoms with Crippen molar-refractivity contribution in [2.24, 2.45) is 0 Å². The van der Waals surface area contributed by atoms with Gasteiger partial charge in [-0.15, -0.1) is 0 Å². The summed E-state index contributed by atoms with van der Waals surface area (Å²) in [6.07, 6.45) is 0.914. The van der Waals surface area contributed by atoms with Crippen LogP contribution in [0.2, 0.25) is 0 Å². The van der Waals surface area contributed by atoms with Crippen molar-refractivity contribution in [1.82, 2.24) is 19.5 Å². The summed E-state index contributed by atoms with van der Waals surface area (Å²) in [6.45, 7) is 4.51. The van der Waals surface area contributed by atoms with Gasteiger partial charge in [-0.25, -0.2) is 15.0 Å². The first-order valence-electron chi connectivity index (χ1n) is 27.2. The summed E-state index contributed by atoms with van der Waals surface area (Å²) in [5.74, 6) is 1.88. The van der Waals surface area contributed by atoms with Crippen LogP contribution < -0.4 is 26.2 Å². The van der Waals surface area contributed by atoms with Gasteiger partial charge in [0.05, 0.1) is 16.7 Å². The fourth-order valence-corrected chi connectivity index (χ4v) is 13.0. The molecular formula is C72H49BN6. The third-order valence-corrected chi connectivity index (χ3v) is 16.6. The Balaban J connectivity index is 0.814. The van der Waals surface area contributed by atoms with Gasteiger partial charge in [0.1, 0.15) is 0 Å². The summed E-state index contributed by atoms with van der Waals surface area (Å²) in [6, 6.07) is 90.5. The zero-order chi connectivity index (χ0) is 52.3. The van der Waals surface area contributed by atoms with Crippen molar-refractivity contribution < 1.29 is 0 Å². The van der Waals surface area contributed by atoms with Crippen molar-refractivity contribution in [3.8, 4) is 62.1 Å². The van der Waals surface area contributed by atoms with E-state index in [9.17, 15) is 0 Å². The number of para-hydroxylation sites is 1. The number of anilines is 6. The summed E-state index contributed by atoms with van der Waals surface area (Å²) in [5, 5.41) is 2.48. The highest BCUT2D eigenvalue weighted by Gasteiger charge is 2.46. The predicted molar refractivity (Wildman–Crippen MR) is 328 cm³/mol. The van der Waals surface area contributed by atoms with Crippen LogP contribution in [0.1, 0.15) is 22.3 Å². The molecule has 7 heteroatoms. The largest absolute Gasteiger partial charge is 0.311 e. The molecule has 3 aliphatic rings. The molecule has 370 valence electrons. The van der Waals surface area contributed by atoms with Crippen molar-refractivity contribution in [3.05, 3.63) is 271 Å². The summed E-state index contributed by atoms with van der Waals surface area (Å²) in [7, 11) is 0. The van der Waals surface area contributed by atoms with Gasteiger partial charge >= 0.3 is 0 Å². The molecule has 0 N–H and O–H groups in total. The second-order valence-corrected chi connectivity index (χ2v) is 21.3. The third kappa shape index (κ3) is 7.16. The molecule has 0 saturated heterocycles. The first-order chi connectivity index (χ1) is 39.0. The minimum atomic E-state index is 0.159. The smallest absolute Gasteiger partial charge is 0.252 e. The summed E-state index contributed by atoms with van der Waals surface area (Å²) < 4.78 is 2.43. The average molecular weight is 1010 g/mol. The minimum Gasteiger partial charge on any atom is -0.311 e. The van der Waals surface area contributed by atoms with Crippen LogP contribution in [0.3, 0.4) is 0 Å². The van der Waals surface area contributed by atoms with E-state index in [1.807, 2.05) is 36.4 Å². The van der Waals surface area contributed by atoms with Crippen LogP contribution in [0.5, 0.6) is 0 Å². The van der Waals surface area contributed by atoms with Gasteiger partial charge in [0, 0.05) is 67.2 Å². The molecule has 0 spiro atoms. The maximum atomic E-state index is 5.18. The van der Waals surface area contributed by atoms with E-state index in [2.05, 4.69) is 241 Å². The Morgan fingerprint density at radius 1 is 0.329 bits per heavy atom.